The van der Waals surface area contributed by atoms with Crippen LogP contribution in [-0.4, -0.2) is 75.6 Å². The van der Waals surface area contributed by atoms with Crippen LogP contribution in [0.2, 0.25) is 0 Å². The summed E-state index contributed by atoms with van der Waals surface area (Å²) in [5.74, 6) is -0.211. The van der Waals surface area contributed by atoms with Gasteiger partial charge in [0.2, 0.25) is 0 Å². The molecular formula is C14H28N2O4. The monoisotopic (exact) mass is 288 g/mol. The van der Waals surface area contributed by atoms with Crippen molar-refractivity contribution in [2.24, 2.45) is 0 Å². The fourth-order valence-electron chi connectivity index (χ4n) is 2.72. The Morgan fingerprint density at radius 3 is 2.20 bits per heavy atom. The van der Waals surface area contributed by atoms with Crippen molar-refractivity contribution in [2.45, 2.75) is 38.5 Å². The average Bonchev–Trinajstić information content (AvgIpc) is 2.81. The van der Waals surface area contributed by atoms with Crippen molar-refractivity contribution in [3.05, 3.63) is 0 Å². The Morgan fingerprint density at radius 2 is 1.80 bits per heavy atom. The molecule has 0 radical (unpaired) electrons. The summed E-state index contributed by atoms with van der Waals surface area (Å²) in [6.07, 6.45) is 0.0983. The third kappa shape index (κ3) is 4.15. The molecule has 20 heavy (non-hydrogen) atoms. The van der Waals surface area contributed by atoms with Gasteiger partial charge in [-0.2, -0.15) is 0 Å². The van der Waals surface area contributed by atoms with E-state index < -0.39 is 5.54 Å². The molecule has 0 amide bonds. The molecule has 0 spiro atoms. The number of carbonyl (C=O) groups excluding carboxylic acids is 1. The first-order chi connectivity index (χ1) is 9.50. The van der Waals surface area contributed by atoms with E-state index in [-0.39, 0.29) is 18.2 Å². The number of hydrogen-bond donors (Lipinski definition) is 1. The van der Waals surface area contributed by atoms with E-state index in [1.54, 1.807) is 14.2 Å². The number of esters is 1. The number of likely N-dealkylation sites (N-methyl/N-ethyl adjacent to an activating group) is 1. The summed E-state index contributed by atoms with van der Waals surface area (Å²) in [5.41, 5.74) is -0.703. The van der Waals surface area contributed by atoms with Gasteiger partial charge in [0.25, 0.3) is 0 Å². The minimum atomic E-state index is -0.703. The molecule has 3 atom stereocenters. The van der Waals surface area contributed by atoms with Gasteiger partial charge in [0.15, 0.2) is 0 Å². The summed E-state index contributed by atoms with van der Waals surface area (Å²) in [6, 6.07) is 0. The predicted molar refractivity (Wildman–Crippen MR) is 76.7 cm³/mol. The number of ether oxygens (including phenoxy) is 3. The van der Waals surface area contributed by atoms with Crippen molar-refractivity contribution in [3.63, 3.8) is 0 Å². The Hall–Kier alpha value is -0.690. The zero-order valence-electron chi connectivity index (χ0n) is 13.3. The highest BCUT2D eigenvalue weighted by Crippen LogP contribution is 2.19. The van der Waals surface area contributed by atoms with Crippen LogP contribution in [0.5, 0.6) is 0 Å². The first-order valence-electron chi connectivity index (χ1n) is 7.20. The van der Waals surface area contributed by atoms with Crippen molar-refractivity contribution >= 4 is 5.97 Å². The maximum Gasteiger partial charge on any atom is 0.327 e. The van der Waals surface area contributed by atoms with Crippen LogP contribution in [0.4, 0.5) is 0 Å². The molecule has 1 aliphatic rings. The maximum absolute atomic E-state index is 12.2. The van der Waals surface area contributed by atoms with Gasteiger partial charge in [0.1, 0.15) is 5.54 Å². The fourth-order valence-corrected chi connectivity index (χ4v) is 2.72. The van der Waals surface area contributed by atoms with Gasteiger partial charge < -0.3 is 19.5 Å². The largest absolute Gasteiger partial charge is 0.465 e. The number of methoxy groups -OCH3 is 2. The lowest BCUT2D eigenvalue weighted by atomic mass is 10.0. The summed E-state index contributed by atoms with van der Waals surface area (Å²) in [4.78, 5) is 14.4. The van der Waals surface area contributed by atoms with E-state index in [0.29, 0.717) is 19.7 Å². The Labute approximate surface area is 121 Å². The van der Waals surface area contributed by atoms with Gasteiger partial charge >= 0.3 is 5.97 Å². The SMILES string of the molecule is CCNC(C)(CN1CC(OC)C(OC)C1)C(=O)OCC. The van der Waals surface area contributed by atoms with E-state index in [0.717, 1.165) is 13.1 Å². The first-order valence-corrected chi connectivity index (χ1v) is 7.20. The number of likely N-dealkylation sites (tertiary alicyclic amines) is 1. The third-order valence-electron chi connectivity index (χ3n) is 3.73. The second kappa shape index (κ2) is 7.93. The van der Waals surface area contributed by atoms with E-state index in [1.807, 2.05) is 20.8 Å². The number of hydrogen-bond acceptors (Lipinski definition) is 6. The predicted octanol–water partition coefficient (Wildman–Crippen LogP) is 0.263. The number of nitrogens with zero attached hydrogens (tertiary/aromatic N) is 1. The van der Waals surface area contributed by atoms with E-state index in [1.165, 1.54) is 0 Å². The van der Waals surface area contributed by atoms with Crippen LogP contribution in [0.25, 0.3) is 0 Å². The Bertz CT molecular complexity index is 302. The van der Waals surface area contributed by atoms with Crippen molar-refractivity contribution in [3.8, 4) is 0 Å². The lowest BCUT2D eigenvalue weighted by Gasteiger charge is -2.32. The molecule has 0 saturated carbocycles. The smallest absolute Gasteiger partial charge is 0.327 e. The highest BCUT2D eigenvalue weighted by molar-refractivity contribution is 5.80. The van der Waals surface area contributed by atoms with Gasteiger partial charge in [0, 0.05) is 33.9 Å². The molecular weight excluding hydrogens is 260 g/mol. The fraction of sp³-hybridized carbons (Fsp3) is 0.929. The van der Waals surface area contributed by atoms with Gasteiger partial charge in [-0.15, -0.1) is 0 Å². The van der Waals surface area contributed by atoms with Crippen LogP contribution in [0.3, 0.4) is 0 Å². The number of nitrogens with one attached hydrogen (secondary N) is 1. The molecule has 1 fully saturated rings. The van der Waals surface area contributed by atoms with Gasteiger partial charge in [-0.25, -0.2) is 0 Å². The van der Waals surface area contributed by atoms with Gasteiger partial charge in [-0.05, 0) is 20.4 Å². The molecule has 1 aliphatic heterocycles. The Kier molecular flexibility index (Phi) is 6.88. The lowest BCUT2D eigenvalue weighted by Crippen LogP contribution is -2.57. The van der Waals surface area contributed by atoms with Crippen LogP contribution in [-0.2, 0) is 19.0 Å². The molecule has 1 saturated heterocycles. The Morgan fingerprint density at radius 1 is 1.25 bits per heavy atom. The molecule has 0 aromatic carbocycles. The minimum absolute atomic E-state index is 0.0491. The highest BCUT2D eigenvalue weighted by Gasteiger charge is 2.40. The standard InChI is InChI=1S/C14H28N2O4/c1-6-15-14(3,13(17)20-7-2)10-16-8-11(18-4)12(9-16)19-5/h11-12,15H,6-10H2,1-5H3. The van der Waals surface area contributed by atoms with E-state index in [4.69, 9.17) is 14.2 Å². The van der Waals surface area contributed by atoms with Gasteiger partial charge in [-0.1, -0.05) is 6.92 Å². The van der Waals surface area contributed by atoms with E-state index >= 15 is 0 Å². The molecule has 1 N–H and O–H groups in total. The summed E-state index contributed by atoms with van der Waals surface area (Å²) in [5, 5.41) is 3.24. The van der Waals surface area contributed by atoms with Crippen LogP contribution in [0.15, 0.2) is 0 Å². The van der Waals surface area contributed by atoms with Gasteiger partial charge in [0.05, 0.1) is 18.8 Å². The first kappa shape index (κ1) is 17.4. The van der Waals surface area contributed by atoms with E-state index in [2.05, 4.69) is 10.2 Å². The average molecular weight is 288 g/mol. The van der Waals surface area contributed by atoms with Crippen molar-refractivity contribution in [1.82, 2.24) is 10.2 Å². The molecule has 6 heteroatoms. The topological polar surface area (TPSA) is 60.0 Å². The van der Waals surface area contributed by atoms with Crippen LogP contribution < -0.4 is 5.32 Å². The van der Waals surface area contributed by atoms with Crippen LogP contribution in [0, 0.1) is 0 Å². The molecule has 118 valence electrons. The minimum Gasteiger partial charge on any atom is -0.465 e. The van der Waals surface area contributed by atoms with Crippen molar-refractivity contribution in [1.29, 1.82) is 0 Å². The van der Waals surface area contributed by atoms with Crippen LogP contribution >= 0.6 is 0 Å². The summed E-state index contributed by atoms with van der Waals surface area (Å²) >= 11 is 0. The van der Waals surface area contributed by atoms with Crippen LogP contribution in [0.1, 0.15) is 20.8 Å². The summed E-state index contributed by atoms with van der Waals surface area (Å²) in [6.45, 7) is 8.89. The summed E-state index contributed by atoms with van der Waals surface area (Å²) in [7, 11) is 3.38. The maximum atomic E-state index is 12.2. The van der Waals surface area contributed by atoms with Crippen molar-refractivity contribution < 1.29 is 19.0 Å². The molecule has 6 nitrogen and oxygen atoms in total. The highest BCUT2D eigenvalue weighted by atomic mass is 16.5. The Balaban J connectivity index is 2.69. The molecule has 3 unspecified atom stereocenters. The zero-order chi connectivity index (χ0) is 15.2. The number of carbonyl (C=O) groups is 1. The third-order valence-corrected chi connectivity index (χ3v) is 3.73. The molecule has 0 aromatic heterocycles. The zero-order valence-corrected chi connectivity index (χ0v) is 13.3. The molecule has 1 heterocycles. The molecule has 0 aromatic rings. The van der Waals surface area contributed by atoms with E-state index in [9.17, 15) is 4.79 Å². The number of rotatable bonds is 8. The molecule has 1 rings (SSSR count). The lowest BCUT2D eigenvalue weighted by molar-refractivity contribution is -0.151. The normalized spacial score (nSPS) is 26.4. The summed E-state index contributed by atoms with van der Waals surface area (Å²) < 4.78 is 16.0. The van der Waals surface area contributed by atoms with Crippen molar-refractivity contribution in [2.75, 3.05) is 47.0 Å². The second-order valence-electron chi connectivity index (χ2n) is 5.33. The quantitative estimate of drug-likeness (QED) is 0.647. The molecule has 0 aliphatic carbocycles. The van der Waals surface area contributed by atoms with Gasteiger partial charge in [-0.3, -0.25) is 9.69 Å². The second-order valence-corrected chi connectivity index (χ2v) is 5.33. The molecule has 0 bridgehead atoms.